The second-order valence-electron chi connectivity index (χ2n) is 11.4. The van der Waals surface area contributed by atoms with Gasteiger partial charge in [0.2, 0.25) is 10.0 Å². The van der Waals surface area contributed by atoms with Gasteiger partial charge in [-0.2, -0.15) is 4.31 Å². The Kier molecular flexibility index (Phi) is 9.95. The molecule has 238 valence electrons. The van der Waals surface area contributed by atoms with Crippen LogP contribution in [0.4, 0.5) is 0 Å². The summed E-state index contributed by atoms with van der Waals surface area (Å²) in [5.41, 5.74) is 2.62. The summed E-state index contributed by atoms with van der Waals surface area (Å²) < 4.78 is 40.1. The molecule has 11 nitrogen and oxygen atoms in total. The van der Waals surface area contributed by atoms with Crippen LogP contribution in [-0.4, -0.2) is 94.0 Å². The molecule has 2 saturated carbocycles. The summed E-state index contributed by atoms with van der Waals surface area (Å²) in [6, 6.07) is 14.0. The van der Waals surface area contributed by atoms with E-state index in [0.717, 1.165) is 52.4 Å². The van der Waals surface area contributed by atoms with Crippen LogP contribution in [-0.2, 0) is 27.0 Å². The van der Waals surface area contributed by atoms with E-state index in [4.69, 9.17) is 26.2 Å². The summed E-state index contributed by atoms with van der Waals surface area (Å²) in [7, 11) is -2.96. The molecule has 3 aromatic rings. The minimum absolute atomic E-state index is 0.0209. The van der Waals surface area contributed by atoms with Gasteiger partial charge >= 0.3 is 0 Å². The summed E-state index contributed by atoms with van der Waals surface area (Å²) in [6.07, 6.45) is 0.0961. The van der Waals surface area contributed by atoms with Crippen LogP contribution in [0.5, 0.6) is 5.75 Å². The predicted molar refractivity (Wildman–Crippen MR) is 161 cm³/mol. The highest BCUT2D eigenvalue weighted by Gasteiger charge is 2.48. The first kappa shape index (κ1) is 32.7. The molecule has 1 heterocycles. The normalized spacial score (nSPS) is 18.9. The number of para-hydroxylation sites is 1. The average molecular weight is 649 g/mol. The van der Waals surface area contributed by atoms with Gasteiger partial charge in [-0.15, -0.1) is 0 Å². The minimum atomic E-state index is -4.17. The number of hydrogen-bond acceptors (Lipinski definition) is 10. The van der Waals surface area contributed by atoms with E-state index in [0.29, 0.717) is 10.6 Å². The molecule has 0 radical (unpaired) electrons. The van der Waals surface area contributed by atoms with Crippen molar-refractivity contribution in [1.82, 2.24) is 9.29 Å². The van der Waals surface area contributed by atoms with Gasteiger partial charge in [0, 0.05) is 42.1 Å². The maximum atomic E-state index is 13.3. The molecule has 2 fully saturated rings. The highest BCUT2D eigenvalue weighted by atomic mass is 35.5. The van der Waals surface area contributed by atoms with Crippen molar-refractivity contribution in [1.29, 1.82) is 0 Å². The monoisotopic (exact) mass is 648 g/mol. The van der Waals surface area contributed by atoms with E-state index in [9.17, 15) is 28.8 Å². The third-order valence-corrected chi connectivity index (χ3v) is 10.2. The number of nitrogens with zero attached hydrogens (tertiary/aromatic N) is 2. The number of ether oxygens (including phenoxy) is 2. The molecule has 0 saturated heterocycles. The Morgan fingerprint density at radius 3 is 2.41 bits per heavy atom. The topological polar surface area (TPSA) is 170 Å². The molecule has 0 unspecified atom stereocenters. The van der Waals surface area contributed by atoms with Gasteiger partial charge < -0.3 is 35.0 Å². The van der Waals surface area contributed by atoms with Gasteiger partial charge in [-0.3, -0.25) is 4.98 Å². The number of hydrogen-bond donors (Lipinski definition) is 5. The molecule has 2 aliphatic carbocycles. The zero-order chi connectivity index (χ0) is 31.6. The zero-order valence-electron chi connectivity index (χ0n) is 24.2. The molecule has 5 N–H and O–H groups in total. The fourth-order valence-corrected chi connectivity index (χ4v) is 6.42. The number of sulfonamides is 1. The summed E-state index contributed by atoms with van der Waals surface area (Å²) in [5, 5.41) is 49.1. The number of aliphatic hydroxyl groups is 5. The smallest absolute Gasteiger partial charge is 0.242 e. The van der Waals surface area contributed by atoms with Crippen molar-refractivity contribution in [2.45, 2.75) is 73.3 Å². The third kappa shape index (κ3) is 7.09. The number of rotatable bonds is 15. The first-order chi connectivity index (χ1) is 21.0. The zero-order valence-corrected chi connectivity index (χ0v) is 25.7. The van der Waals surface area contributed by atoms with E-state index in [1.165, 1.54) is 25.2 Å². The lowest BCUT2D eigenvalue weighted by Crippen LogP contribution is -2.49. The Bertz CT molecular complexity index is 1570. The molecule has 2 aromatic carbocycles. The lowest BCUT2D eigenvalue weighted by Gasteiger charge is -2.28. The summed E-state index contributed by atoms with van der Waals surface area (Å²) >= 11 is 6.47. The van der Waals surface area contributed by atoms with Crippen molar-refractivity contribution in [3.05, 3.63) is 77.1 Å². The van der Waals surface area contributed by atoms with Gasteiger partial charge in [-0.05, 0) is 67.1 Å². The van der Waals surface area contributed by atoms with E-state index >= 15 is 0 Å². The molecule has 0 amide bonds. The Morgan fingerprint density at radius 2 is 1.73 bits per heavy atom. The largest absolute Gasteiger partial charge is 0.490 e. The van der Waals surface area contributed by atoms with Crippen LogP contribution in [0.2, 0.25) is 5.02 Å². The van der Waals surface area contributed by atoms with Crippen molar-refractivity contribution in [3.8, 4) is 16.9 Å². The average Bonchev–Trinajstić information content (AvgIpc) is 3.97. The SMILES string of the molecule is CN(C[C@H](O)[C@@H](O)[C@H](O)[C@H](O)CO)S(=O)(=O)c1ccc(Cl)c(COC2(c3cnccc3-c3ccccc3OC3CC3)CC2)c1. The lowest BCUT2D eigenvalue weighted by molar-refractivity contribution is -0.116. The number of pyridine rings is 1. The number of halogens is 1. The first-order valence-corrected chi connectivity index (χ1v) is 16.2. The summed E-state index contributed by atoms with van der Waals surface area (Å²) in [6.45, 7) is -1.42. The van der Waals surface area contributed by atoms with Gasteiger partial charge in [-0.1, -0.05) is 29.8 Å². The molecule has 5 rings (SSSR count). The fraction of sp³-hybridized carbons (Fsp3) is 0.452. The van der Waals surface area contributed by atoms with Crippen LogP contribution < -0.4 is 4.74 Å². The number of aromatic nitrogens is 1. The van der Waals surface area contributed by atoms with Gasteiger partial charge in [0.1, 0.15) is 24.1 Å². The Hall–Kier alpha value is -2.65. The second kappa shape index (κ2) is 13.4. The van der Waals surface area contributed by atoms with Crippen LogP contribution >= 0.6 is 11.6 Å². The van der Waals surface area contributed by atoms with Crippen molar-refractivity contribution in [2.75, 3.05) is 20.2 Å². The summed E-state index contributed by atoms with van der Waals surface area (Å²) in [4.78, 5) is 4.26. The van der Waals surface area contributed by atoms with Gasteiger partial charge in [-0.25, -0.2) is 8.42 Å². The molecule has 2 aliphatic rings. The van der Waals surface area contributed by atoms with Crippen molar-refractivity contribution < 1.29 is 43.4 Å². The molecule has 1 aromatic heterocycles. The van der Waals surface area contributed by atoms with E-state index in [1.807, 2.05) is 30.3 Å². The molecular formula is C31H37ClN2O9S. The van der Waals surface area contributed by atoms with E-state index in [2.05, 4.69) is 4.98 Å². The lowest BCUT2D eigenvalue weighted by atomic mass is 9.96. The van der Waals surface area contributed by atoms with E-state index in [1.54, 1.807) is 12.4 Å². The van der Waals surface area contributed by atoms with Gasteiger partial charge in [0.25, 0.3) is 0 Å². The molecule has 4 atom stereocenters. The first-order valence-electron chi connectivity index (χ1n) is 14.4. The predicted octanol–water partition coefficient (Wildman–Crippen LogP) is 2.21. The van der Waals surface area contributed by atoms with Crippen LogP contribution in [0.25, 0.3) is 11.1 Å². The van der Waals surface area contributed by atoms with Crippen molar-refractivity contribution >= 4 is 21.6 Å². The summed E-state index contributed by atoms with van der Waals surface area (Å²) in [5.74, 6) is 0.806. The Balaban J connectivity index is 1.32. The van der Waals surface area contributed by atoms with Crippen molar-refractivity contribution in [2.24, 2.45) is 0 Å². The highest BCUT2D eigenvalue weighted by molar-refractivity contribution is 7.89. The Labute approximate surface area is 261 Å². The molecule has 0 bridgehead atoms. The molecule has 0 aliphatic heterocycles. The third-order valence-electron chi connectivity index (χ3n) is 8.01. The second-order valence-corrected chi connectivity index (χ2v) is 13.8. The van der Waals surface area contributed by atoms with Gasteiger partial charge in [0.15, 0.2) is 0 Å². The minimum Gasteiger partial charge on any atom is -0.490 e. The molecule has 0 spiro atoms. The van der Waals surface area contributed by atoms with Crippen LogP contribution in [0.15, 0.2) is 65.8 Å². The maximum absolute atomic E-state index is 13.3. The maximum Gasteiger partial charge on any atom is 0.242 e. The van der Waals surface area contributed by atoms with E-state index in [-0.39, 0.29) is 17.6 Å². The van der Waals surface area contributed by atoms with Gasteiger partial charge in [0.05, 0.1) is 35.9 Å². The number of benzene rings is 2. The number of aliphatic hydroxyl groups excluding tert-OH is 5. The van der Waals surface area contributed by atoms with Crippen LogP contribution in [0, 0.1) is 0 Å². The molecule has 44 heavy (non-hydrogen) atoms. The highest BCUT2D eigenvalue weighted by Crippen LogP contribution is 2.53. The molecular weight excluding hydrogens is 612 g/mol. The van der Waals surface area contributed by atoms with E-state index < -0.39 is 53.2 Å². The molecule has 13 heteroatoms. The quantitative estimate of drug-likeness (QED) is 0.165. The van der Waals surface area contributed by atoms with Crippen LogP contribution in [0.3, 0.4) is 0 Å². The van der Waals surface area contributed by atoms with Crippen molar-refractivity contribution in [3.63, 3.8) is 0 Å². The van der Waals surface area contributed by atoms with Crippen LogP contribution in [0.1, 0.15) is 36.8 Å². The fourth-order valence-electron chi connectivity index (χ4n) is 5.01. The number of likely N-dealkylation sites (N-methyl/N-ethyl adjacent to an activating group) is 1. The Morgan fingerprint density at radius 1 is 1.02 bits per heavy atom. The standard InChI is InChI=1S/C31H37ClN2O9S/c1-34(16-26(36)29(38)30(39)27(37)17-35)44(40,41)21-8-9-25(32)19(14-21)18-42-31(11-12-31)24-15-33-13-10-22(24)23-4-2-3-5-28(23)43-20-6-7-20/h2-5,8-10,13-15,20,26-27,29-30,35-39H,6-7,11-12,16-18H2,1H3/t26-,27+,29+,30+/m0/s1.